The van der Waals surface area contributed by atoms with Gasteiger partial charge < -0.3 is 15.4 Å². The normalized spacial score (nSPS) is 8.79. The molecule has 0 bridgehead atoms. The Balaban J connectivity index is 0.000000791. The van der Waals surface area contributed by atoms with Crippen LogP contribution in [-0.2, 0) is 0 Å². The monoisotopic (exact) mass is 215 g/mol. The van der Waals surface area contributed by atoms with E-state index in [0.717, 1.165) is 0 Å². The van der Waals surface area contributed by atoms with Crippen LogP contribution in [0.4, 0.5) is 5.69 Å². The molecule has 0 spiro atoms. The summed E-state index contributed by atoms with van der Waals surface area (Å²) in [4.78, 5) is 10.9. The largest absolute Gasteiger partial charge is 0.478 e. The van der Waals surface area contributed by atoms with Crippen LogP contribution in [0.15, 0.2) is 23.1 Å². The summed E-state index contributed by atoms with van der Waals surface area (Å²) in [5, 5.41) is 8.61. The molecule has 1 rings (SSSR count). The predicted molar refractivity (Wildman–Crippen MR) is 57.6 cm³/mol. The van der Waals surface area contributed by atoms with Crippen molar-refractivity contribution in [3.8, 4) is 0 Å². The van der Waals surface area contributed by atoms with E-state index < -0.39 is 5.97 Å². The van der Waals surface area contributed by atoms with Crippen LogP contribution in [-0.4, -0.2) is 15.6 Å². The lowest BCUT2D eigenvalue weighted by Gasteiger charge is -2.03. The summed E-state index contributed by atoms with van der Waals surface area (Å²) in [5.41, 5.74) is 5.54. The maximum Gasteiger partial charge on any atom is 0.337 e. The second-order valence-corrected chi connectivity index (χ2v) is 2.74. The maximum atomic E-state index is 10.5. The van der Waals surface area contributed by atoms with Gasteiger partial charge in [-0.2, -0.15) is 0 Å². The Labute approximate surface area is 87.0 Å². The average molecular weight is 215 g/mol. The van der Waals surface area contributed by atoms with Gasteiger partial charge in [-0.1, -0.05) is 19.9 Å². The summed E-state index contributed by atoms with van der Waals surface area (Å²) in [6.07, 6.45) is 0. The SMILES string of the molecule is CC.Nc1c(SO)cccc1C(=O)O. The number of carboxylic acids is 1. The molecule has 0 saturated heterocycles. The van der Waals surface area contributed by atoms with Crippen molar-refractivity contribution in [3.05, 3.63) is 23.8 Å². The summed E-state index contributed by atoms with van der Waals surface area (Å²) in [6.45, 7) is 4.00. The standard InChI is InChI=1S/C7H7NO3S.C2H6/c8-6-4(7(9)10)2-1-3-5(6)12-11;1-2/h1-3,11H,8H2,(H,9,10);1-2H3. The summed E-state index contributed by atoms with van der Waals surface area (Å²) in [7, 11) is 0. The molecule has 0 amide bonds. The third kappa shape index (κ3) is 2.93. The lowest BCUT2D eigenvalue weighted by atomic mass is 10.2. The van der Waals surface area contributed by atoms with Crippen molar-refractivity contribution in [1.82, 2.24) is 0 Å². The Morgan fingerprint density at radius 2 is 2.00 bits per heavy atom. The van der Waals surface area contributed by atoms with Crippen LogP contribution in [0.2, 0.25) is 0 Å². The molecule has 4 nitrogen and oxygen atoms in total. The molecular formula is C9H13NO3S. The zero-order valence-corrected chi connectivity index (χ0v) is 8.84. The molecule has 0 aliphatic rings. The highest BCUT2D eigenvalue weighted by atomic mass is 32.2. The molecule has 0 radical (unpaired) electrons. The van der Waals surface area contributed by atoms with Crippen molar-refractivity contribution >= 4 is 23.7 Å². The molecule has 0 aliphatic heterocycles. The van der Waals surface area contributed by atoms with Crippen molar-refractivity contribution in [3.63, 3.8) is 0 Å². The van der Waals surface area contributed by atoms with E-state index in [1.54, 1.807) is 6.07 Å². The van der Waals surface area contributed by atoms with Crippen LogP contribution in [0.25, 0.3) is 0 Å². The molecule has 0 heterocycles. The van der Waals surface area contributed by atoms with Crippen LogP contribution >= 0.6 is 12.0 Å². The minimum Gasteiger partial charge on any atom is -0.478 e. The van der Waals surface area contributed by atoms with E-state index in [1.807, 2.05) is 13.8 Å². The summed E-state index contributed by atoms with van der Waals surface area (Å²) in [5.74, 6) is -1.09. The number of aromatic carboxylic acids is 1. The topological polar surface area (TPSA) is 83.5 Å². The van der Waals surface area contributed by atoms with Gasteiger partial charge in [0.2, 0.25) is 0 Å². The first kappa shape index (κ1) is 12.8. The van der Waals surface area contributed by atoms with Gasteiger partial charge in [-0.05, 0) is 12.1 Å². The third-order valence-corrected chi connectivity index (χ3v) is 1.95. The van der Waals surface area contributed by atoms with Gasteiger partial charge >= 0.3 is 5.97 Å². The van der Waals surface area contributed by atoms with E-state index in [0.29, 0.717) is 16.9 Å². The van der Waals surface area contributed by atoms with Crippen molar-refractivity contribution < 1.29 is 14.5 Å². The smallest absolute Gasteiger partial charge is 0.337 e. The Morgan fingerprint density at radius 3 is 2.43 bits per heavy atom. The van der Waals surface area contributed by atoms with Gasteiger partial charge in [-0.15, -0.1) is 0 Å². The molecule has 14 heavy (non-hydrogen) atoms. The van der Waals surface area contributed by atoms with Crippen molar-refractivity contribution in [2.75, 3.05) is 5.73 Å². The van der Waals surface area contributed by atoms with Gasteiger partial charge in [0, 0.05) is 12.0 Å². The van der Waals surface area contributed by atoms with Crippen molar-refractivity contribution in [2.24, 2.45) is 0 Å². The molecule has 0 saturated carbocycles. The van der Waals surface area contributed by atoms with Crippen LogP contribution < -0.4 is 5.73 Å². The molecule has 1 aromatic rings. The second kappa shape index (κ2) is 6.28. The number of benzene rings is 1. The van der Waals surface area contributed by atoms with Crippen LogP contribution in [0.1, 0.15) is 24.2 Å². The highest BCUT2D eigenvalue weighted by Crippen LogP contribution is 2.25. The summed E-state index contributed by atoms with van der Waals surface area (Å²) < 4.78 is 8.67. The van der Waals surface area contributed by atoms with Gasteiger partial charge in [0.1, 0.15) is 0 Å². The minimum atomic E-state index is -1.09. The van der Waals surface area contributed by atoms with E-state index in [-0.39, 0.29) is 11.3 Å². The van der Waals surface area contributed by atoms with Crippen molar-refractivity contribution in [2.45, 2.75) is 18.7 Å². The summed E-state index contributed by atoms with van der Waals surface area (Å²) in [6, 6.07) is 4.46. The van der Waals surface area contributed by atoms with Crippen LogP contribution in [0, 0.1) is 0 Å². The predicted octanol–water partition coefficient (Wildman–Crippen LogP) is 2.56. The first-order valence-corrected chi connectivity index (χ1v) is 4.87. The molecule has 78 valence electrons. The minimum absolute atomic E-state index is 0.00838. The number of rotatable bonds is 2. The van der Waals surface area contributed by atoms with Crippen LogP contribution in [0.5, 0.6) is 0 Å². The average Bonchev–Trinajstić information content (AvgIpc) is 2.21. The molecule has 0 aromatic heterocycles. The number of hydrogen-bond acceptors (Lipinski definition) is 4. The zero-order valence-electron chi connectivity index (χ0n) is 8.02. The third-order valence-electron chi connectivity index (χ3n) is 1.39. The number of carbonyl (C=O) groups is 1. The van der Waals surface area contributed by atoms with Gasteiger partial charge in [0.25, 0.3) is 0 Å². The Morgan fingerprint density at radius 1 is 1.43 bits per heavy atom. The Kier molecular flexibility index (Phi) is 5.74. The molecule has 4 N–H and O–H groups in total. The molecule has 0 fully saturated rings. The number of para-hydroxylation sites is 1. The number of nitrogen functional groups attached to an aromatic ring is 1. The summed E-state index contributed by atoms with van der Waals surface area (Å²) >= 11 is 0.439. The van der Waals surface area contributed by atoms with E-state index in [9.17, 15) is 4.79 Å². The lowest BCUT2D eigenvalue weighted by molar-refractivity contribution is 0.0698. The highest BCUT2D eigenvalue weighted by molar-refractivity contribution is 7.94. The zero-order chi connectivity index (χ0) is 11.1. The van der Waals surface area contributed by atoms with E-state index in [4.69, 9.17) is 15.4 Å². The number of hydrogen-bond donors (Lipinski definition) is 3. The van der Waals surface area contributed by atoms with Crippen LogP contribution in [0.3, 0.4) is 0 Å². The van der Waals surface area contributed by atoms with E-state index >= 15 is 0 Å². The molecule has 0 aliphatic carbocycles. The Hall–Kier alpha value is -1.20. The first-order valence-electron chi connectivity index (χ1n) is 4.10. The number of anilines is 1. The van der Waals surface area contributed by atoms with Crippen molar-refractivity contribution in [1.29, 1.82) is 0 Å². The fraction of sp³-hybridized carbons (Fsp3) is 0.222. The second-order valence-electron chi connectivity index (χ2n) is 2.11. The Bertz CT molecular complexity index is 315. The molecule has 0 atom stereocenters. The van der Waals surface area contributed by atoms with E-state index in [1.165, 1.54) is 12.1 Å². The number of nitrogens with two attached hydrogens (primary N) is 1. The first-order chi connectivity index (χ1) is 6.66. The quantitative estimate of drug-likeness (QED) is 0.521. The fourth-order valence-electron chi connectivity index (χ4n) is 0.810. The van der Waals surface area contributed by atoms with Gasteiger partial charge in [-0.25, -0.2) is 4.79 Å². The van der Waals surface area contributed by atoms with Gasteiger partial charge in [0.15, 0.2) is 0 Å². The van der Waals surface area contributed by atoms with E-state index in [2.05, 4.69) is 0 Å². The maximum absolute atomic E-state index is 10.5. The molecule has 0 unspecified atom stereocenters. The molecule has 5 heteroatoms. The fourth-order valence-corrected chi connectivity index (χ4v) is 1.16. The lowest BCUT2D eigenvalue weighted by Crippen LogP contribution is -2.02. The van der Waals surface area contributed by atoms with Gasteiger partial charge in [-0.3, -0.25) is 0 Å². The molecule has 1 aromatic carbocycles. The number of carboxylic acid groups (broad SMARTS) is 1. The highest BCUT2D eigenvalue weighted by Gasteiger charge is 2.10. The molecular weight excluding hydrogens is 202 g/mol. The van der Waals surface area contributed by atoms with Gasteiger partial charge in [0.05, 0.1) is 16.1 Å².